The van der Waals surface area contributed by atoms with Gasteiger partial charge in [-0.3, -0.25) is 9.59 Å². The fourth-order valence-corrected chi connectivity index (χ4v) is 3.86. The smallest absolute Gasteiger partial charge is 0.319 e. The van der Waals surface area contributed by atoms with Crippen LogP contribution >= 0.6 is 0 Å². The molecule has 0 radical (unpaired) electrons. The summed E-state index contributed by atoms with van der Waals surface area (Å²) in [5.41, 5.74) is 1.89. The number of benzene rings is 1. The van der Waals surface area contributed by atoms with Crippen molar-refractivity contribution in [3.8, 4) is 0 Å². The molecule has 0 spiro atoms. The highest BCUT2D eigenvalue weighted by Crippen LogP contribution is 2.29. The minimum atomic E-state index is -0.302. The van der Waals surface area contributed by atoms with Crippen LogP contribution in [0.5, 0.6) is 0 Å². The van der Waals surface area contributed by atoms with Crippen molar-refractivity contribution in [2.24, 2.45) is 0 Å². The first-order chi connectivity index (χ1) is 14.1. The average Bonchev–Trinajstić information content (AvgIpc) is 3.40. The van der Waals surface area contributed by atoms with Crippen molar-refractivity contribution >= 4 is 29.2 Å². The second kappa shape index (κ2) is 8.38. The van der Waals surface area contributed by atoms with Gasteiger partial charge in [-0.15, -0.1) is 0 Å². The molecule has 4 rings (SSSR count). The van der Waals surface area contributed by atoms with Gasteiger partial charge >= 0.3 is 6.03 Å². The molecule has 1 aromatic carbocycles. The van der Waals surface area contributed by atoms with Gasteiger partial charge in [-0.25, -0.2) is 4.79 Å². The number of furan rings is 1. The van der Waals surface area contributed by atoms with Crippen LogP contribution in [0.4, 0.5) is 16.2 Å². The van der Waals surface area contributed by atoms with Crippen LogP contribution in [0.1, 0.15) is 36.0 Å². The molecule has 152 valence electrons. The van der Waals surface area contributed by atoms with Crippen molar-refractivity contribution in [2.75, 3.05) is 29.9 Å². The van der Waals surface area contributed by atoms with E-state index in [1.807, 2.05) is 18.2 Å². The lowest BCUT2D eigenvalue weighted by Gasteiger charge is -2.32. The van der Waals surface area contributed by atoms with Crippen LogP contribution in [0, 0.1) is 0 Å². The van der Waals surface area contributed by atoms with Crippen molar-refractivity contribution in [3.05, 3.63) is 48.4 Å². The fourth-order valence-electron chi connectivity index (χ4n) is 3.86. The average molecular weight is 396 g/mol. The number of likely N-dealkylation sites (tertiary alicyclic amines) is 1. The summed E-state index contributed by atoms with van der Waals surface area (Å²) in [7, 11) is 0. The number of carbonyl (C=O) groups excluding carboxylic acids is 3. The van der Waals surface area contributed by atoms with Crippen molar-refractivity contribution in [1.82, 2.24) is 10.2 Å². The Hall–Kier alpha value is -3.29. The summed E-state index contributed by atoms with van der Waals surface area (Å²) in [5.74, 6) is 0.0279. The molecular formula is C21H24N4O4. The van der Waals surface area contributed by atoms with Crippen LogP contribution in [0.2, 0.25) is 0 Å². The Kier molecular flexibility index (Phi) is 5.50. The first-order valence-corrected chi connectivity index (χ1v) is 9.90. The molecule has 0 atom stereocenters. The van der Waals surface area contributed by atoms with Crippen molar-refractivity contribution < 1.29 is 18.8 Å². The molecule has 3 heterocycles. The highest BCUT2D eigenvalue weighted by Gasteiger charge is 2.26. The maximum Gasteiger partial charge on any atom is 0.319 e. The standard InChI is InChI=1S/C21H24N4O4/c26-19-6-3-10-25(19)18-5-2-1-4-17(18)23-21(28)22-16-7-11-24(12-8-16)20(27)15-9-13-29-14-15/h1-2,4-5,9,13-14,16H,3,6-8,10-12H2,(H2,22,23,28). The maximum atomic E-state index is 12.5. The highest BCUT2D eigenvalue weighted by atomic mass is 16.3. The van der Waals surface area contributed by atoms with E-state index in [0.717, 1.165) is 12.1 Å². The number of carbonyl (C=O) groups is 3. The molecule has 8 heteroatoms. The van der Waals surface area contributed by atoms with Crippen molar-refractivity contribution in [1.29, 1.82) is 0 Å². The van der Waals surface area contributed by atoms with E-state index < -0.39 is 0 Å². The second-order valence-electron chi connectivity index (χ2n) is 7.34. The van der Waals surface area contributed by atoms with Gasteiger partial charge in [0, 0.05) is 32.1 Å². The molecule has 29 heavy (non-hydrogen) atoms. The molecule has 4 amide bonds. The van der Waals surface area contributed by atoms with Crippen molar-refractivity contribution in [3.63, 3.8) is 0 Å². The summed E-state index contributed by atoms with van der Waals surface area (Å²) in [4.78, 5) is 40.4. The van der Waals surface area contributed by atoms with Crippen LogP contribution in [-0.2, 0) is 4.79 Å². The Morgan fingerprint density at radius 3 is 2.55 bits per heavy atom. The number of nitrogens with zero attached hydrogens (tertiary/aromatic N) is 2. The molecule has 2 saturated heterocycles. The van der Waals surface area contributed by atoms with Crippen LogP contribution < -0.4 is 15.5 Å². The summed E-state index contributed by atoms with van der Waals surface area (Å²) in [6.45, 7) is 1.82. The molecule has 0 bridgehead atoms. The van der Waals surface area contributed by atoms with Gasteiger partial charge in [-0.2, -0.15) is 0 Å². The Labute approximate surface area is 168 Å². The molecule has 2 fully saturated rings. The molecular weight excluding hydrogens is 372 g/mol. The summed E-state index contributed by atoms with van der Waals surface area (Å²) in [6.07, 6.45) is 5.67. The molecule has 0 unspecified atom stereocenters. The predicted molar refractivity (Wildman–Crippen MR) is 108 cm³/mol. The quantitative estimate of drug-likeness (QED) is 0.831. The number of anilines is 2. The Morgan fingerprint density at radius 1 is 1.07 bits per heavy atom. The number of hydrogen-bond acceptors (Lipinski definition) is 4. The van der Waals surface area contributed by atoms with Crippen LogP contribution in [0.3, 0.4) is 0 Å². The van der Waals surface area contributed by atoms with Gasteiger partial charge < -0.3 is 24.9 Å². The van der Waals surface area contributed by atoms with Crippen molar-refractivity contribution in [2.45, 2.75) is 31.7 Å². The van der Waals surface area contributed by atoms with Crippen LogP contribution in [0.15, 0.2) is 47.3 Å². The third-order valence-corrected chi connectivity index (χ3v) is 5.40. The van der Waals surface area contributed by atoms with Gasteiger partial charge in [-0.1, -0.05) is 12.1 Å². The van der Waals surface area contributed by atoms with Gasteiger partial charge in [0.15, 0.2) is 0 Å². The summed E-state index contributed by atoms with van der Waals surface area (Å²) in [5, 5.41) is 5.86. The normalized spacial score (nSPS) is 17.4. The van der Waals surface area contributed by atoms with Gasteiger partial charge in [0.25, 0.3) is 5.91 Å². The zero-order chi connectivity index (χ0) is 20.2. The predicted octanol–water partition coefficient (Wildman–Crippen LogP) is 2.83. The lowest BCUT2D eigenvalue weighted by atomic mass is 10.0. The SMILES string of the molecule is O=C(Nc1ccccc1N1CCCC1=O)NC1CCN(C(=O)c2ccoc2)CC1. The van der Waals surface area contributed by atoms with Crippen LogP contribution in [-0.4, -0.2) is 48.4 Å². The van der Waals surface area contributed by atoms with Gasteiger partial charge in [0.1, 0.15) is 6.26 Å². The third kappa shape index (κ3) is 4.26. The van der Waals surface area contributed by atoms with Crippen LogP contribution in [0.25, 0.3) is 0 Å². The monoisotopic (exact) mass is 396 g/mol. The number of hydrogen-bond donors (Lipinski definition) is 2. The van der Waals surface area contributed by atoms with E-state index in [4.69, 9.17) is 4.42 Å². The summed E-state index contributed by atoms with van der Waals surface area (Å²) < 4.78 is 4.97. The number of piperidine rings is 1. The van der Waals surface area contributed by atoms with E-state index in [1.54, 1.807) is 21.9 Å². The third-order valence-electron chi connectivity index (χ3n) is 5.40. The number of para-hydroxylation sites is 2. The molecule has 2 aliphatic heterocycles. The number of amides is 4. The lowest BCUT2D eigenvalue weighted by molar-refractivity contribution is -0.117. The first-order valence-electron chi connectivity index (χ1n) is 9.90. The molecule has 8 nitrogen and oxygen atoms in total. The van der Waals surface area contributed by atoms with E-state index in [9.17, 15) is 14.4 Å². The minimum Gasteiger partial charge on any atom is -0.472 e. The second-order valence-corrected chi connectivity index (χ2v) is 7.34. The minimum absolute atomic E-state index is 0.0102. The highest BCUT2D eigenvalue weighted by molar-refractivity contribution is 6.01. The van der Waals surface area contributed by atoms with E-state index in [0.29, 0.717) is 50.1 Å². The topological polar surface area (TPSA) is 94.9 Å². The van der Waals surface area contributed by atoms with E-state index in [2.05, 4.69) is 10.6 Å². The molecule has 0 aliphatic carbocycles. The molecule has 2 aliphatic rings. The van der Waals surface area contributed by atoms with E-state index in [1.165, 1.54) is 12.5 Å². The molecule has 0 saturated carbocycles. The molecule has 1 aromatic heterocycles. The molecule has 2 aromatic rings. The van der Waals surface area contributed by atoms with E-state index >= 15 is 0 Å². The number of nitrogens with one attached hydrogen (secondary N) is 2. The Morgan fingerprint density at radius 2 is 1.86 bits per heavy atom. The zero-order valence-electron chi connectivity index (χ0n) is 16.1. The van der Waals surface area contributed by atoms with Gasteiger partial charge in [0.05, 0.1) is 23.2 Å². The maximum absolute atomic E-state index is 12.5. The first kappa shape index (κ1) is 19.0. The summed E-state index contributed by atoms with van der Waals surface area (Å²) in [6, 6.07) is 8.68. The molecule has 2 N–H and O–H groups in total. The number of urea groups is 1. The fraction of sp³-hybridized carbons (Fsp3) is 0.381. The summed E-state index contributed by atoms with van der Waals surface area (Å²) >= 11 is 0. The Balaban J connectivity index is 1.31. The van der Waals surface area contributed by atoms with Gasteiger partial charge in [0.2, 0.25) is 5.91 Å². The van der Waals surface area contributed by atoms with Gasteiger partial charge in [-0.05, 0) is 37.5 Å². The lowest BCUT2D eigenvalue weighted by Crippen LogP contribution is -2.47. The largest absolute Gasteiger partial charge is 0.472 e. The number of rotatable bonds is 4. The Bertz CT molecular complexity index is 888. The zero-order valence-corrected chi connectivity index (χ0v) is 16.1. The van der Waals surface area contributed by atoms with E-state index in [-0.39, 0.29) is 23.9 Å².